The van der Waals surface area contributed by atoms with Crippen LogP contribution >= 0.6 is 0 Å². The van der Waals surface area contributed by atoms with Gasteiger partial charge in [0.15, 0.2) is 5.69 Å². The molecule has 2 heterocycles. The Morgan fingerprint density at radius 3 is 1.91 bits per heavy atom. The molecule has 258 valence electrons. The number of anilines is 3. The van der Waals surface area contributed by atoms with Crippen LogP contribution in [0.25, 0.3) is 65.4 Å². The number of rotatable bonds is 5. The average Bonchev–Trinajstić information content (AvgIpc) is 3.87. The SMILES string of the molecule is [C-]#[N+]c1ccc(-n2c3ccccc3c3cc(N(c4cccc(C5(C)c6ccccc6-c6ccccc65)c4)c4ccc5c(c4)oc4ccccc45)ccc32)cc1. The fraction of sp³-hybridized carbons (Fsp3) is 0.0392. The normalized spacial score (nSPS) is 12.9. The highest BCUT2D eigenvalue weighted by Crippen LogP contribution is 2.53. The zero-order valence-corrected chi connectivity index (χ0v) is 30.1. The van der Waals surface area contributed by atoms with Gasteiger partial charge in [-0.3, -0.25) is 0 Å². The minimum atomic E-state index is -0.336. The molecule has 0 unspecified atom stereocenters. The predicted molar refractivity (Wildman–Crippen MR) is 226 cm³/mol. The number of furan rings is 1. The Hall–Kier alpha value is -7.35. The van der Waals surface area contributed by atoms with Crippen molar-refractivity contribution in [2.45, 2.75) is 12.3 Å². The zero-order valence-electron chi connectivity index (χ0n) is 30.1. The Morgan fingerprint density at radius 1 is 0.509 bits per heavy atom. The molecule has 0 aliphatic heterocycles. The third-order valence-electron chi connectivity index (χ3n) is 11.7. The van der Waals surface area contributed by atoms with Gasteiger partial charge in [0.25, 0.3) is 0 Å². The number of benzene rings is 8. The standard InChI is InChI=1S/C51H33N3O/c1-51(45-18-7-3-14-39(45)40-15-4-8-19-46(40)51)33-12-11-13-36(30-33)53(38-26-28-43-42-17-6-10-21-49(42)55-50(43)32-38)37-27-29-48-44(31-37)41-16-5-9-20-47(41)54(48)35-24-22-34(52-2)23-25-35/h3-32H,1H3. The van der Waals surface area contributed by atoms with E-state index in [2.05, 4.69) is 167 Å². The maximum absolute atomic E-state index is 7.47. The van der Waals surface area contributed by atoms with Gasteiger partial charge in [-0.15, -0.1) is 0 Å². The first-order valence-electron chi connectivity index (χ1n) is 18.6. The van der Waals surface area contributed by atoms with Gasteiger partial charge in [0, 0.05) is 55.8 Å². The van der Waals surface area contributed by atoms with Crippen LogP contribution in [-0.2, 0) is 5.41 Å². The molecule has 0 saturated heterocycles. The van der Waals surface area contributed by atoms with Crippen LogP contribution in [0.15, 0.2) is 186 Å². The van der Waals surface area contributed by atoms with E-state index in [0.717, 1.165) is 61.1 Å². The van der Waals surface area contributed by atoms with Gasteiger partial charge >= 0.3 is 0 Å². The molecule has 0 atom stereocenters. The number of fused-ring (bicyclic) bond motifs is 9. The molecular weight excluding hydrogens is 671 g/mol. The molecule has 0 N–H and O–H groups in total. The summed E-state index contributed by atoms with van der Waals surface area (Å²) in [6.45, 7) is 9.84. The summed E-state index contributed by atoms with van der Waals surface area (Å²) in [5.74, 6) is 0. The van der Waals surface area contributed by atoms with E-state index < -0.39 is 0 Å². The highest BCUT2D eigenvalue weighted by molar-refractivity contribution is 6.11. The Balaban J connectivity index is 1.14. The lowest BCUT2D eigenvalue weighted by Gasteiger charge is -2.31. The van der Waals surface area contributed by atoms with Crippen molar-refractivity contribution in [1.82, 2.24) is 4.57 Å². The van der Waals surface area contributed by atoms with E-state index in [4.69, 9.17) is 11.0 Å². The lowest BCUT2D eigenvalue weighted by Crippen LogP contribution is -2.23. The van der Waals surface area contributed by atoms with Crippen LogP contribution in [0.5, 0.6) is 0 Å². The minimum absolute atomic E-state index is 0.336. The highest BCUT2D eigenvalue weighted by Gasteiger charge is 2.40. The number of aromatic nitrogens is 1. The minimum Gasteiger partial charge on any atom is -0.456 e. The van der Waals surface area contributed by atoms with Gasteiger partial charge in [0.1, 0.15) is 11.2 Å². The number of para-hydroxylation sites is 2. The molecule has 55 heavy (non-hydrogen) atoms. The summed E-state index contributed by atoms with van der Waals surface area (Å²) >= 11 is 0. The Kier molecular flexibility index (Phi) is 6.71. The second kappa shape index (κ2) is 11.8. The molecule has 11 rings (SSSR count). The first kappa shape index (κ1) is 31.2. The lowest BCUT2D eigenvalue weighted by atomic mass is 9.74. The van der Waals surface area contributed by atoms with Crippen LogP contribution in [-0.4, -0.2) is 4.57 Å². The van der Waals surface area contributed by atoms with E-state index in [0.29, 0.717) is 5.69 Å². The summed E-state index contributed by atoms with van der Waals surface area (Å²) in [6.07, 6.45) is 0. The third-order valence-corrected chi connectivity index (χ3v) is 11.7. The van der Waals surface area contributed by atoms with Gasteiger partial charge in [0.2, 0.25) is 0 Å². The quantitative estimate of drug-likeness (QED) is 0.167. The summed E-state index contributed by atoms with van der Waals surface area (Å²) in [5.41, 5.74) is 14.9. The summed E-state index contributed by atoms with van der Waals surface area (Å²) < 4.78 is 8.76. The lowest BCUT2D eigenvalue weighted by molar-refractivity contribution is 0.669. The van der Waals surface area contributed by atoms with Crippen LogP contribution in [0, 0.1) is 6.57 Å². The summed E-state index contributed by atoms with van der Waals surface area (Å²) in [5, 5.41) is 4.53. The second-order valence-electron chi connectivity index (χ2n) is 14.6. The molecule has 0 amide bonds. The largest absolute Gasteiger partial charge is 0.456 e. The molecular formula is C51H33N3O. The van der Waals surface area contributed by atoms with Gasteiger partial charge in [0.05, 0.1) is 17.6 Å². The molecule has 0 spiro atoms. The number of hydrogen-bond acceptors (Lipinski definition) is 2. The van der Waals surface area contributed by atoms with Crippen LogP contribution < -0.4 is 4.90 Å². The van der Waals surface area contributed by atoms with Gasteiger partial charge in [-0.05, 0) is 101 Å². The molecule has 0 saturated carbocycles. The second-order valence-corrected chi connectivity index (χ2v) is 14.6. The molecule has 8 aromatic carbocycles. The molecule has 0 bridgehead atoms. The number of hydrogen-bond donors (Lipinski definition) is 0. The van der Waals surface area contributed by atoms with E-state index >= 15 is 0 Å². The summed E-state index contributed by atoms with van der Waals surface area (Å²) in [4.78, 5) is 5.99. The topological polar surface area (TPSA) is 25.7 Å². The van der Waals surface area contributed by atoms with Crippen molar-refractivity contribution in [2.75, 3.05) is 4.90 Å². The Labute approximate surface area is 318 Å². The molecule has 1 aliphatic carbocycles. The van der Waals surface area contributed by atoms with Gasteiger partial charge in [-0.1, -0.05) is 109 Å². The van der Waals surface area contributed by atoms with E-state index in [1.807, 2.05) is 36.4 Å². The van der Waals surface area contributed by atoms with E-state index in [1.54, 1.807) is 0 Å². The first-order chi connectivity index (χ1) is 27.1. The molecule has 0 fully saturated rings. The third kappa shape index (κ3) is 4.57. The van der Waals surface area contributed by atoms with Crippen molar-refractivity contribution in [1.29, 1.82) is 0 Å². The fourth-order valence-electron chi connectivity index (χ4n) is 9.08. The van der Waals surface area contributed by atoms with Gasteiger partial charge in [-0.2, -0.15) is 0 Å². The maximum atomic E-state index is 7.47. The van der Waals surface area contributed by atoms with Crippen LogP contribution in [0.2, 0.25) is 0 Å². The van der Waals surface area contributed by atoms with Gasteiger partial charge in [-0.25, -0.2) is 4.85 Å². The fourth-order valence-corrected chi connectivity index (χ4v) is 9.08. The monoisotopic (exact) mass is 703 g/mol. The van der Waals surface area contributed by atoms with Crippen molar-refractivity contribution in [3.63, 3.8) is 0 Å². The number of nitrogens with zero attached hydrogens (tertiary/aromatic N) is 3. The zero-order chi connectivity index (χ0) is 36.7. The first-order valence-corrected chi connectivity index (χ1v) is 18.6. The van der Waals surface area contributed by atoms with Crippen molar-refractivity contribution in [3.8, 4) is 16.8 Å². The Morgan fingerprint density at radius 2 is 1.13 bits per heavy atom. The molecule has 4 nitrogen and oxygen atoms in total. The average molecular weight is 704 g/mol. The molecule has 10 aromatic rings. The maximum Gasteiger partial charge on any atom is 0.187 e. The van der Waals surface area contributed by atoms with Crippen LogP contribution in [0.1, 0.15) is 23.6 Å². The van der Waals surface area contributed by atoms with Crippen molar-refractivity contribution >= 4 is 66.5 Å². The van der Waals surface area contributed by atoms with E-state index in [1.165, 1.54) is 33.2 Å². The van der Waals surface area contributed by atoms with Crippen LogP contribution in [0.4, 0.5) is 22.7 Å². The predicted octanol–water partition coefficient (Wildman–Crippen LogP) is 14.0. The van der Waals surface area contributed by atoms with Gasteiger partial charge < -0.3 is 13.9 Å². The highest BCUT2D eigenvalue weighted by atomic mass is 16.3. The summed E-state index contributed by atoms with van der Waals surface area (Å²) in [6, 6.07) is 64.8. The van der Waals surface area contributed by atoms with E-state index in [-0.39, 0.29) is 5.41 Å². The van der Waals surface area contributed by atoms with E-state index in [9.17, 15) is 0 Å². The Bertz CT molecular complexity index is 3150. The van der Waals surface area contributed by atoms with Crippen molar-refractivity contribution < 1.29 is 4.42 Å². The summed E-state index contributed by atoms with van der Waals surface area (Å²) in [7, 11) is 0. The van der Waals surface area contributed by atoms with Crippen molar-refractivity contribution in [3.05, 3.63) is 210 Å². The van der Waals surface area contributed by atoms with Crippen molar-refractivity contribution in [2.24, 2.45) is 0 Å². The molecule has 0 radical (unpaired) electrons. The smallest absolute Gasteiger partial charge is 0.187 e. The molecule has 4 heteroatoms. The molecule has 2 aromatic heterocycles. The van der Waals surface area contributed by atoms with Crippen LogP contribution in [0.3, 0.4) is 0 Å². The molecule has 1 aliphatic rings.